The zero-order chi connectivity index (χ0) is 11.4. The monoisotopic (exact) mass is 327 g/mol. The first-order valence-corrected chi connectivity index (χ1v) is 5.80. The van der Waals surface area contributed by atoms with Crippen molar-refractivity contribution >= 4 is 22.6 Å². The fraction of sp³-hybridized carbons (Fsp3) is 0.0833. The summed E-state index contributed by atoms with van der Waals surface area (Å²) in [7, 11) is 1.58. The van der Waals surface area contributed by atoms with Crippen LogP contribution >= 0.6 is 22.6 Å². The van der Waals surface area contributed by atoms with Crippen molar-refractivity contribution in [1.29, 1.82) is 0 Å². The maximum absolute atomic E-state index is 5.58. The van der Waals surface area contributed by atoms with Gasteiger partial charge in [0.2, 0.25) is 11.8 Å². The lowest BCUT2D eigenvalue weighted by molar-refractivity contribution is 0.383. The van der Waals surface area contributed by atoms with Crippen LogP contribution < -0.4 is 9.47 Å². The SMILES string of the molecule is COc1cccc(Oc2ccc(I)cc2)n1. The minimum atomic E-state index is 0.528. The number of aromatic nitrogens is 1. The van der Waals surface area contributed by atoms with Gasteiger partial charge >= 0.3 is 0 Å². The molecule has 2 rings (SSSR count). The van der Waals surface area contributed by atoms with E-state index >= 15 is 0 Å². The van der Waals surface area contributed by atoms with Gasteiger partial charge < -0.3 is 9.47 Å². The molecule has 3 nitrogen and oxygen atoms in total. The lowest BCUT2D eigenvalue weighted by Gasteiger charge is -2.05. The summed E-state index contributed by atoms with van der Waals surface area (Å²) in [6.07, 6.45) is 0. The first-order valence-electron chi connectivity index (χ1n) is 4.72. The molecule has 1 aromatic heterocycles. The van der Waals surface area contributed by atoms with Crippen molar-refractivity contribution in [3.8, 4) is 17.5 Å². The van der Waals surface area contributed by atoms with Crippen LogP contribution in [0.15, 0.2) is 42.5 Å². The van der Waals surface area contributed by atoms with Gasteiger partial charge in [-0.3, -0.25) is 0 Å². The molecule has 0 bridgehead atoms. The van der Waals surface area contributed by atoms with Gasteiger partial charge in [0.25, 0.3) is 0 Å². The van der Waals surface area contributed by atoms with Gasteiger partial charge in [-0.15, -0.1) is 0 Å². The Kier molecular flexibility index (Phi) is 3.61. The van der Waals surface area contributed by atoms with Gasteiger partial charge in [-0.1, -0.05) is 6.07 Å². The number of hydrogen-bond acceptors (Lipinski definition) is 3. The molecule has 1 aromatic carbocycles. The molecule has 0 saturated carbocycles. The molecule has 82 valence electrons. The van der Waals surface area contributed by atoms with Gasteiger partial charge in [0, 0.05) is 15.7 Å². The summed E-state index contributed by atoms with van der Waals surface area (Å²) in [5, 5.41) is 0. The van der Waals surface area contributed by atoms with E-state index in [4.69, 9.17) is 9.47 Å². The smallest absolute Gasteiger partial charge is 0.222 e. The van der Waals surface area contributed by atoms with Crippen LogP contribution in [-0.2, 0) is 0 Å². The van der Waals surface area contributed by atoms with Crippen LogP contribution in [0.5, 0.6) is 17.5 Å². The van der Waals surface area contributed by atoms with Crippen molar-refractivity contribution in [2.75, 3.05) is 7.11 Å². The van der Waals surface area contributed by atoms with E-state index in [1.807, 2.05) is 30.3 Å². The second-order valence-electron chi connectivity index (χ2n) is 3.07. The molecule has 16 heavy (non-hydrogen) atoms. The van der Waals surface area contributed by atoms with E-state index in [1.54, 1.807) is 19.2 Å². The third-order valence-corrected chi connectivity index (χ3v) is 2.66. The minimum Gasteiger partial charge on any atom is -0.481 e. The predicted octanol–water partition coefficient (Wildman–Crippen LogP) is 3.49. The number of benzene rings is 1. The second kappa shape index (κ2) is 5.16. The zero-order valence-electron chi connectivity index (χ0n) is 8.68. The first-order chi connectivity index (χ1) is 7.78. The number of ether oxygens (including phenoxy) is 2. The molecule has 1 heterocycles. The second-order valence-corrected chi connectivity index (χ2v) is 4.32. The minimum absolute atomic E-state index is 0.528. The Morgan fingerprint density at radius 3 is 2.38 bits per heavy atom. The van der Waals surface area contributed by atoms with Gasteiger partial charge in [0.15, 0.2) is 0 Å². The molecule has 0 atom stereocenters. The van der Waals surface area contributed by atoms with Crippen LogP contribution in [0.3, 0.4) is 0 Å². The van der Waals surface area contributed by atoms with E-state index < -0.39 is 0 Å². The van der Waals surface area contributed by atoms with Gasteiger partial charge in [-0.05, 0) is 46.9 Å². The standard InChI is InChI=1S/C12H10INO2/c1-15-11-3-2-4-12(14-11)16-10-7-5-9(13)6-8-10/h2-8H,1H3. The zero-order valence-corrected chi connectivity index (χ0v) is 10.8. The van der Waals surface area contributed by atoms with E-state index in [0.717, 1.165) is 5.75 Å². The van der Waals surface area contributed by atoms with Gasteiger partial charge in [0.05, 0.1) is 7.11 Å². The number of halogens is 1. The van der Waals surface area contributed by atoms with Crippen LogP contribution in [0.2, 0.25) is 0 Å². The molecule has 0 radical (unpaired) electrons. The maximum atomic E-state index is 5.58. The van der Waals surface area contributed by atoms with Crippen LogP contribution in [0.25, 0.3) is 0 Å². The Morgan fingerprint density at radius 1 is 1.00 bits per heavy atom. The third-order valence-electron chi connectivity index (χ3n) is 1.94. The summed E-state index contributed by atoms with van der Waals surface area (Å²) in [6.45, 7) is 0. The Morgan fingerprint density at radius 2 is 1.69 bits per heavy atom. The normalized spacial score (nSPS) is 9.88. The van der Waals surface area contributed by atoms with E-state index in [0.29, 0.717) is 11.8 Å². The summed E-state index contributed by atoms with van der Waals surface area (Å²) in [5.41, 5.74) is 0. The van der Waals surface area contributed by atoms with Crippen LogP contribution in [0, 0.1) is 3.57 Å². The van der Waals surface area contributed by atoms with Crippen molar-refractivity contribution in [1.82, 2.24) is 4.98 Å². The molecular weight excluding hydrogens is 317 g/mol. The van der Waals surface area contributed by atoms with E-state index in [9.17, 15) is 0 Å². The number of pyridine rings is 1. The number of methoxy groups -OCH3 is 1. The van der Waals surface area contributed by atoms with E-state index in [1.165, 1.54) is 3.57 Å². The molecule has 0 fully saturated rings. The molecular formula is C12H10INO2. The van der Waals surface area contributed by atoms with Gasteiger partial charge in [0.1, 0.15) is 5.75 Å². The highest BCUT2D eigenvalue weighted by Crippen LogP contribution is 2.21. The molecule has 0 N–H and O–H groups in total. The first kappa shape index (κ1) is 11.2. The highest BCUT2D eigenvalue weighted by molar-refractivity contribution is 14.1. The van der Waals surface area contributed by atoms with Crippen LogP contribution in [0.4, 0.5) is 0 Å². The largest absolute Gasteiger partial charge is 0.481 e. The summed E-state index contributed by atoms with van der Waals surface area (Å²) in [4.78, 5) is 4.16. The molecule has 2 aromatic rings. The molecule has 0 unspecified atom stereocenters. The van der Waals surface area contributed by atoms with Crippen LogP contribution in [-0.4, -0.2) is 12.1 Å². The summed E-state index contributed by atoms with van der Waals surface area (Å²) < 4.78 is 11.8. The highest BCUT2D eigenvalue weighted by atomic mass is 127. The fourth-order valence-electron chi connectivity index (χ4n) is 1.19. The summed E-state index contributed by atoms with van der Waals surface area (Å²) in [5.74, 6) is 1.84. The number of nitrogens with zero attached hydrogens (tertiary/aromatic N) is 1. The van der Waals surface area contributed by atoms with Crippen molar-refractivity contribution in [3.63, 3.8) is 0 Å². The van der Waals surface area contributed by atoms with Gasteiger partial charge in [-0.25, -0.2) is 0 Å². The molecule has 0 aliphatic heterocycles. The van der Waals surface area contributed by atoms with E-state index in [-0.39, 0.29) is 0 Å². The Hall–Kier alpha value is -1.30. The Labute approximate surface area is 108 Å². The Bertz CT molecular complexity index is 471. The Balaban J connectivity index is 2.16. The predicted molar refractivity (Wildman–Crippen MR) is 70.0 cm³/mol. The van der Waals surface area contributed by atoms with Crippen molar-refractivity contribution in [2.24, 2.45) is 0 Å². The van der Waals surface area contributed by atoms with E-state index in [2.05, 4.69) is 27.6 Å². The molecule has 0 spiro atoms. The fourth-order valence-corrected chi connectivity index (χ4v) is 1.55. The lowest BCUT2D eigenvalue weighted by atomic mass is 10.3. The van der Waals surface area contributed by atoms with Crippen molar-refractivity contribution in [2.45, 2.75) is 0 Å². The topological polar surface area (TPSA) is 31.4 Å². The molecule has 0 amide bonds. The maximum Gasteiger partial charge on any atom is 0.222 e. The average molecular weight is 327 g/mol. The molecule has 0 aliphatic rings. The molecule has 0 aliphatic carbocycles. The number of hydrogen-bond donors (Lipinski definition) is 0. The van der Waals surface area contributed by atoms with Crippen molar-refractivity contribution < 1.29 is 9.47 Å². The van der Waals surface area contributed by atoms with Crippen molar-refractivity contribution in [3.05, 3.63) is 46.0 Å². The van der Waals surface area contributed by atoms with Crippen LogP contribution in [0.1, 0.15) is 0 Å². The molecule has 0 saturated heterocycles. The number of rotatable bonds is 3. The third kappa shape index (κ3) is 2.85. The van der Waals surface area contributed by atoms with Gasteiger partial charge in [-0.2, -0.15) is 4.98 Å². The lowest BCUT2D eigenvalue weighted by Crippen LogP contribution is -1.91. The average Bonchev–Trinajstić information content (AvgIpc) is 2.32. The summed E-state index contributed by atoms with van der Waals surface area (Å²) >= 11 is 2.25. The highest BCUT2D eigenvalue weighted by Gasteiger charge is 2.00. The summed E-state index contributed by atoms with van der Waals surface area (Å²) in [6, 6.07) is 13.2. The quantitative estimate of drug-likeness (QED) is 0.809. The molecule has 4 heteroatoms.